The lowest BCUT2D eigenvalue weighted by atomic mass is 9.78. The zero-order valence-electron chi connectivity index (χ0n) is 10.9. The Bertz CT molecular complexity index is 394. The summed E-state index contributed by atoms with van der Waals surface area (Å²) in [5.74, 6) is 0.535. The average Bonchev–Trinajstić information content (AvgIpc) is 2.84. The number of rotatable bonds is 3. The third kappa shape index (κ3) is 3.33. The molecular formula is C12H21N3O3S. The topological polar surface area (TPSA) is 106 Å². The molecule has 0 aromatic heterocycles. The Kier molecular flexibility index (Phi) is 4.57. The smallest absolute Gasteiger partial charge is 0.240 e. The van der Waals surface area contributed by atoms with Gasteiger partial charge in [0.25, 0.3) is 0 Å². The van der Waals surface area contributed by atoms with Crippen molar-refractivity contribution in [3.63, 3.8) is 0 Å². The van der Waals surface area contributed by atoms with Crippen molar-refractivity contribution in [2.24, 2.45) is 23.3 Å². The molecule has 1 heterocycles. The Balaban J connectivity index is 1.87. The number of amides is 2. The number of carbonyl (C=O) groups excluding carboxylic acids is 2. The first-order valence-corrected chi connectivity index (χ1v) is 8.16. The van der Waals surface area contributed by atoms with Crippen LogP contribution < -0.4 is 11.5 Å². The maximum atomic E-state index is 12.2. The first-order valence-electron chi connectivity index (χ1n) is 6.67. The molecule has 1 saturated heterocycles. The molecule has 19 heavy (non-hydrogen) atoms. The summed E-state index contributed by atoms with van der Waals surface area (Å²) in [6, 6.07) is -0.538. The molecule has 1 saturated carbocycles. The summed E-state index contributed by atoms with van der Waals surface area (Å²) in [5, 5.41) is 0. The van der Waals surface area contributed by atoms with Crippen molar-refractivity contribution >= 4 is 22.6 Å². The van der Waals surface area contributed by atoms with Gasteiger partial charge < -0.3 is 16.4 Å². The summed E-state index contributed by atoms with van der Waals surface area (Å²) < 4.78 is 11.3. The maximum absolute atomic E-state index is 12.2. The Morgan fingerprint density at radius 3 is 2.32 bits per heavy atom. The highest BCUT2D eigenvalue weighted by Gasteiger charge is 2.35. The zero-order chi connectivity index (χ0) is 14.0. The van der Waals surface area contributed by atoms with Crippen molar-refractivity contribution < 1.29 is 13.8 Å². The normalized spacial score (nSPS) is 33.1. The van der Waals surface area contributed by atoms with Gasteiger partial charge in [-0.2, -0.15) is 0 Å². The molecule has 1 aliphatic heterocycles. The van der Waals surface area contributed by atoms with E-state index in [0.29, 0.717) is 31.0 Å². The van der Waals surface area contributed by atoms with Gasteiger partial charge in [-0.15, -0.1) is 0 Å². The summed E-state index contributed by atoms with van der Waals surface area (Å²) in [7, 11) is -0.919. The van der Waals surface area contributed by atoms with Crippen molar-refractivity contribution in [3.05, 3.63) is 0 Å². The molecule has 7 heteroatoms. The van der Waals surface area contributed by atoms with Gasteiger partial charge in [0.05, 0.1) is 11.9 Å². The monoisotopic (exact) mass is 287 g/mol. The molecule has 0 spiro atoms. The summed E-state index contributed by atoms with van der Waals surface area (Å²) in [6.07, 6.45) is 2.95. The van der Waals surface area contributed by atoms with Gasteiger partial charge in [-0.05, 0) is 31.6 Å². The largest absolute Gasteiger partial charge is 0.369 e. The molecule has 108 valence electrons. The fourth-order valence-corrected chi connectivity index (χ4v) is 4.02. The number of primary amides is 1. The Morgan fingerprint density at radius 1 is 1.21 bits per heavy atom. The van der Waals surface area contributed by atoms with Crippen LogP contribution in [0.25, 0.3) is 0 Å². The second-order valence-corrected chi connectivity index (χ2v) is 6.96. The van der Waals surface area contributed by atoms with E-state index in [4.69, 9.17) is 11.5 Å². The van der Waals surface area contributed by atoms with Crippen LogP contribution >= 0.6 is 0 Å². The molecule has 2 atom stereocenters. The van der Waals surface area contributed by atoms with Crippen LogP contribution in [0.15, 0.2) is 0 Å². The van der Waals surface area contributed by atoms with E-state index in [1.54, 1.807) is 4.90 Å². The van der Waals surface area contributed by atoms with Gasteiger partial charge in [0.2, 0.25) is 11.8 Å². The molecule has 1 aliphatic carbocycles. The van der Waals surface area contributed by atoms with Crippen LogP contribution in [0.1, 0.15) is 25.7 Å². The minimum Gasteiger partial charge on any atom is -0.369 e. The number of carbonyl (C=O) groups is 2. The minimum absolute atomic E-state index is 0.0714. The van der Waals surface area contributed by atoms with Gasteiger partial charge in [-0.1, -0.05) is 0 Å². The van der Waals surface area contributed by atoms with Crippen LogP contribution in [0.4, 0.5) is 0 Å². The van der Waals surface area contributed by atoms with Crippen molar-refractivity contribution in [1.82, 2.24) is 4.90 Å². The molecule has 1 unspecified atom stereocenters. The molecule has 2 fully saturated rings. The highest BCUT2D eigenvalue weighted by Crippen LogP contribution is 2.30. The first-order chi connectivity index (χ1) is 8.99. The van der Waals surface area contributed by atoms with Gasteiger partial charge in [0, 0.05) is 29.0 Å². The van der Waals surface area contributed by atoms with E-state index in [2.05, 4.69) is 0 Å². The predicted molar refractivity (Wildman–Crippen MR) is 72.2 cm³/mol. The van der Waals surface area contributed by atoms with Crippen molar-refractivity contribution in [1.29, 1.82) is 0 Å². The molecule has 0 aromatic carbocycles. The molecule has 2 rings (SSSR count). The molecule has 2 amide bonds. The van der Waals surface area contributed by atoms with Crippen LogP contribution in [-0.4, -0.2) is 45.1 Å². The summed E-state index contributed by atoms with van der Waals surface area (Å²) in [5.41, 5.74) is 11.3. The summed E-state index contributed by atoms with van der Waals surface area (Å²) in [4.78, 5) is 24.9. The van der Waals surface area contributed by atoms with Gasteiger partial charge in [0.1, 0.15) is 0 Å². The van der Waals surface area contributed by atoms with E-state index in [1.165, 1.54) is 0 Å². The quantitative estimate of drug-likeness (QED) is 0.705. The summed E-state index contributed by atoms with van der Waals surface area (Å²) >= 11 is 0. The van der Waals surface area contributed by atoms with E-state index < -0.39 is 16.8 Å². The molecule has 0 aromatic rings. The molecule has 0 radical (unpaired) electrons. The Labute approximate surface area is 115 Å². The van der Waals surface area contributed by atoms with Crippen molar-refractivity contribution in [2.75, 3.05) is 18.2 Å². The number of nitrogens with two attached hydrogens (primary N) is 2. The Hall–Kier alpha value is -0.950. The lowest BCUT2D eigenvalue weighted by Gasteiger charge is -2.31. The van der Waals surface area contributed by atoms with Crippen LogP contribution in [0.3, 0.4) is 0 Å². The average molecular weight is 287 g/mol. The fraction of sp³-hybridized carbons (Fsp3) is 0.833. The third-order valence-corrected chi connectivity index (χ3v) is 5.41. The highest BCUT2D eigenvalue weighted by molar-refractivity contribution is 7.85. The van der Waals surface area contributed by atoms with E-state index in [1.807, 2.05) is 0 Å². The number of nitrogens with zero attached hydrogens (tertiary/aromatic N) is 1. The molecule has 2 aliphatic rings. The second kappa shape index (κ2) is 6.00. The molecular weight excluding hydrogens is 266 g/mol. The molecule has 6 nitrogen and oxygen atoms in total. The second-order valence-electron chi connectivity index (χ2n) is 5.41. The molecule has 0 bridgehead atoms. The lowest BCUT2D eigenvalue weighted by molar-refractivity contribution is -0.132. The number of hydrogen-bond donors (Lipinski definition) is 2. The van der Waals surface area contributed by atoms with Gasteiger partial charge >= 0.3 is 0 Å². The fourth-order valence-electron chi connectivity index (χ4n) is 2.86. The lowest BCUT2D eigenvalue weighted by Crippen LogP contribution is -2.48. The number of hydrogen-bond acceptors (Lipinski definition) is 4. The maximum Gasteiger partial charge on any atom is 0.240 e. The van der Waals surface area contributed by atoms with Crippen molar-refractivity contribution in [3.8, 4) is 0 Å². The van der Waals surface area contributed by atoms with Crippen LogP contribution in [0.2, 0.25) is 0 Å². The first kappa shape index (κ1) is 14.5. The zero-order valence-corrected chi connectivity index (χ0v) is 11.7. The van der Waals surface area contributed by atoms with Crippen LogP contribution in [0, 0.1) is 11.8 Å². The van der Waals surface area contributed by atoms with E-state index in [0.717, 1.165) is 12.8 Å². The Morgan fingerprint density at radius 2 is 1.84 bits per heavy atom. The predicted octanol–water partition coefficient (Wildman–Crippen LogP) is -0.846. The highest BCUT2D eigenvalue weighted by atomic mass is 32.2. The van der Waals surface area contributed by atoms with Crippen LogP contribution in [-0.2, 0) is 20.4 Å². The molecule has 4 N–H and O–H groups in total. The van der Waals surface area contributed by atoms with Gasteiger partial charge in [-0.25, -0.2) is 0 Å². The SMILES string of the molecule is NC(=O)C1CCC([C@H](N)C(=O)N2CCS(=O)C2)CC1. The van der Waals surface area contributed by atoms with E-state index >= 15 is 0 Å². The van der Waals surface area contributed by atoms with Gasteiger partial charge in [-0.3, -0.25) is 13.8 Å². The summed E-state index contributed by atoms with van der Waals surface area (Å²) in [6.45, 7) is 0.537. The van der Waals surface area contributed by atoms with E-state index in [9.17, 15) is 13.8 Å². The third-order valence-electron chi connectivity index (χ3n) is 4.17. The standard InChI is InChI=1S/C12H21N3O3S/c13-10(12(17)15-5-6-19(18)7-15)8-1-3-9(4-2-8)11(14)16/h8-10H,1-7,13H2,(H2,14,16)/t8?,9?,10-,19?/m0/s1. The minimum atomic E-state index is -0.919. The van der Waals surface area contributed by atoms with E-state index in [-0.39, 0.29) is 23.7 Å². The van der Waals surface area contributed by atoms with Gasteiger partial charge in [0.15, 0.2) is 0 Å². The van der Waals surface area contributed by atoms with Crippen LogP contribution in [0.5, 0.6) is 0 Å². The van der Waals surface area contributed by atoms with Crippen molar-refractivity contribution in [2.45, 2.75) is 31.7 Å².